The van der Waals surface area contributed by atoms with Crippen molar-refractivity contribution >= 4 is 28.1 Å². The molecule has 1 aliphatic heterocycles. The van der Waals surface area contributed by atoms with Crippen molar-refractivity contribution < 1.29 is 18.3 Å². The molecule has 0 unspecified atom stereocenters. The lowest BCUT2D eigenvalue weighted by molar-refractivity contribution is -0.135. The lowest BCUT2D eigenvalue weighted by Gasteiger charge is -2.37. The second kappa shape index (κ2) is 9.62. The van der Waals surface area contributed by atoms with Gasteiger partial charge in [-0.25, -0.2) is 9.83 Å². The van der Waals surface area contributed by atoms with E-state index in [0.29, 0.717) is 48.6 Å². The number of rotatable bonds is 4. The van der Waals surface area contributed by atoms with Gasteiger partial charge in [0.05, 0.1) is 35.1 Å². The summed E-state index contributed by atoms with van der Waals surface area (Å²) < 4.78 is 43.5. The molecule has 0 spiro atoms. The van der Waals surface area contributed by atoms with E-state index < -0.39 is 17.3 Å². The van der Waals surface area contributed by atoms with Crippen LogP contribution in [0, 0.1) is 6.57 Å². The molecule has 9 heteroatoms. The van der Waals surface area contributed by atoms with E-state index in [1.54, 1.807) is 61.3 Å². The predicted octanol–water partition coefficient (Wildman–Crippen LogP) is 6.42. The van der Waals surface area contributed by atoms with Crippen LogP contribution < -0.4 is 9.80 Å². The smallest absolute Gasteiger partial charge is 0.386 e. The first-order valence-electron chi connectivity index (χ1n) is 12.2. The Labute approximate surface area is 218 Å². The van der Waals surface area contributed by atoms with Crippen LogP contribution in [0.25, 0.3) is 26.9 Å². The monoisotopic (exact) mass is 517 g/mol. The van der Waals surface area contributed by atoms with Crippen molar-refractivity contribution in [2.75, 3.05) is 36.0 Å². The van der Waals surface area contributed by atoms with Crippen molar-refractivity contribution in [3.63, 3.8) is 0 Å². The molecule has 2 aromatic carbocycles. The van der Waals surface area contributed by atoms with Crippen LogP contribution in [0.2, 0.25) is 0 Å². The molecule has 38 heavy (non-hydrogen) atoms. The van der Waals surface area contributed by atoms with E-state index in [2.05, 4.69) is 14.8 Å². The van der Waals surface area contributed by atoms with Gasteiger partial charge in [0.1, 0.15) is 5.82 Å². The Morgan fingerprint density at radius 2 is 1.55 bits per heavy atom. The Hall–Kier alpha value is -4.16. The number of benzene rings is 2. The average Bonchev–Trinajstić information content (AvgIpc) is 2.91. The number of piperazine rings is 1. The minimum absolute atomic E-state index is 0.0491. The molecule has 0 saturated carbocycles. The van der Waals surface area contributed by atoms with E-state index in [1.807, 2.05) is 17.0 Å². The van der Waals surface area contributed by atoms with Crippen LogP contribution in [-0.4, -0.2) is 41.3 Å². The highest BCUT2D eigenvalue weighted by Crippen LogP contribution is 2.43. The number of halogens is 3. The van der Waals surface area contributed by atoms with Gasteiger partial charge in [0.2, 0.25) is 0 Å². The summed E-state index contributed by atoms with van der Waals surface area (Å²) in [5.74, 6) is 0.721. The third-order valence-electron chi connectivity index (χ3n) is 6.87. The summed E-state index contributed by atoms with van der Waals surface area (Å²) >= 11 is 0. The molecule has 1 saturated heterocycles. The first kappa shape index (κ1) is 25.5. The van der Waals surface area contributed by atoms with Crippen LogP contribution >= 0.6 is 0 Å². The van der Waals surface area contributed by atoms with Gasteiger partial charge in [0.25, 0.3) is 0 Å². The minimum Gasteiger partial charge on any atom is -0.386 e. The molecule has 4 aromatic rings. The summed E-state index contributed by atoms with van der Waals surface area (Å²) in [7, 11) is 0. The summed E-state index contributed by atoms with van der Waals surface area (Å²) in [5, 5.41) is 10.2. The molecule has 1 aliphatic rings. The van der Waals surface area contributed by atoms with E-state index in [4.69, 9.17) is 6.57 Å². The SMILES string of the molecule is [C-]#[N+]c1ccc(-c2cccc3c(C(F)(F)F)c(N4CCN(c5ccc(C(C)(C)O)cn5)CC4)cnc23)cc1. The molecule has 0 aliphatic carbocycles. The number of aromatic nitrogens is 2. The van der Waals surface area contributed by atoms with Gasteiger partial charge in [0, 0.05) is 48.9 Å². The van der Waals surface area contributed by atoms with Crippen LogP contribution in [0.5, 0.6) is 0 Å². The fourth-order valence-corrected chi connectivity index (χ4v) is 4.81. The molecule has 2 aromatic heterocycles. The highest BCUT2D eigenvalue weighted by Gasteiger charge is 2.38. The molecule has 0 radical (unpaired) electrons. The maximum atomic E-state index is 14.5. The molecule has 6 nitrogen and oxygen atoms in total. The van der Waals surface area contributed by atoms with Gasteiger partial charge in [-0.2, -0.15) is 13.2 Å². The van der Waals surface area contributed by atoms with Gasteiger partial charge >= 0.3 is 6.18 Å². The topological polar surface area (TPSA) is 56.9 Å². The molecule has 5 rings (SSSR count). The quantitative estimate of drug-likeness (QED) is 0.317. The zero-order chi connectivity index (χ0) is 27.1. The summed E-state index contributed by atoms with van der Waals surface area (Å²) in [6.07, 6.45) is -1.62. The Morgan fingerprint density at radius 1 is 0.868 bits per heavy atom. The van der Waals surface area contributed by atoms with Crippen molar-refractivity contribution in [1.82, 2.24) is 9.97 Å². The Kier molecular flexibility index (Phi) is 6.45. The third-order valence-corrected chi connectivity index (χ3v) is 6.87. The number of fused-ring (bicyclic) bond motifs is 1. The Morgan fingerprint density at radius 3 is 2.13 bits per heavy atom. The number of nitrogens with zero attached hydrogens (tertiary/aromatic N) is 5. The Balaban J connectivity index is 1.46. The van der Waals surface area contributed by atoms with Crippen molar-refractivity contribution in [1.29, 1.82) is 0 Å². The summed E-state index contributed by atoms with van der Waals surface area (Å²) in [6.45, 7) is 12.3. The first-order valence-corrected chi connectivity index (χ1v) is 12.2. The molecular weight excluding hydrogens is 491 g/mol. The fourth-order valence-electron chi connectivity index (χ4n) is 4.81. The summed E-state index contributed by atoms with van der Waals surface area (Å²) in [4.78, 5) is 16.1. The van der Waals surface area contributed by atoms with Crippen molar-refractivity contribution in [2.45, 2.75) is 25.6 Å². The number of alkyl halides is 3. The second-order valence-corrected chi connectivity index (χ2v) is 9.81. The standard InChI is InChI=1S/C29H26F3N5O/c1-28(2,38)20-9-12-25(34-17-20)37-15-13-36(14-16-37)24-18-35-27-22(19-7-10-21(33-3)11-8-19)5-4-6-23(27)26(24)29(30,31)32/h4-12,17-18,38H,13-16H2,1-2H3. The van der Waals surface area contributed by atoms with Crippen molar-refractivity contribution in [2.24, 2.45) is 0 Å². The van der Waals surface area contributed by atoms with Gasteiger partial charge in [-0.05, 0) is 25.5 Å². The van der Waals surface area contributed by atoms with E-state index in [1.165, 1.54) is 12.3 Å². The third kappa shape index (κ3) is 4.87. The zero-order valence-electron chi connectivity index (χ0n) is 21.0. The van der Waals surface area contributed by atoms with E-state index in [0.717, 1.165) is 5.82 Å². The molecule has 0 amide bonds. The van der Waals surface area contributed by atoms with E-state index >= 15 is 0 Å². The normalized spacial score (nSPS) is 14.6. The number of hydrogen-bond donors (Lipinski definition) is 1. The van der Waals surface area contributed by atoms with Gasteiger partial charge in [-0.1, -0.05) is 48.5 Å². The number of pyridine rings is 2. The number of hydrogen-bond acceptors (Lipinski definition) is 5. The highest BCUT2D eigenvalue weighted by atomic mass is 19.4. The number of anilines is 2. The highest BCUT2D eigenvalue weighted by molar-refractivity contribution is 5.98. The lowest BCUT2D eigenvalue weighted by Crippen LogP contribution is -2.47. The van der Waals surface area contributed by atoms with Crippen molar-refractivity contribution in [3.8, 4) is 11.1 Å². The molecule has 0 atom stereocenters. The number of aliphatic hydroxyl groups is 1. The summed E-state index contributed by atoms with van der Waals surface area (Å²) in [5.41, 5.74) is 1.09. The van der Waals surface area contributed by atoms with Crippen LogP contribution in [0.15, 0.2) is 67.0 Å². The van der Waals surface area contributed by atoms with Crippen LogP contribution in [0.3, 0.4) is 0 Å². The average molecular weight is 518 g/mol. The maximum absolute atomic E-state index is 14.5. The largest absolute Gasteiger partial charge is 0.419 e. The van der Waals surface area contributed by atoms with Crippen molar-refractivity contribution in [3.05, 3.63) is 89.5 Å². The van der Waals surface area contributed by atoms with Crippen LogP contribution in [0.4, 0.5) is 30.4 Å². The van der Waals surface area contributed by atoms with E-state index in [9.17, 15) is 18.3 Å². The van der Waals surface area contributed by atoms with Gasteiger partial charge in [0.15, 0.2) is 5.69 Å². The second-order valence-electron chi connectivity index (χ2n) is 9.81. The molecule has 0 bridgehead atoms. The van der Waals surface area contributed by atoms with Gasteiger partial charge in [-0.15, -0.1) is 0 Å². The molecular formula is C29H26F3N5O. The molecule has 1 N–H and O–H groups in total. The summed E-state index contributed by atoms with van der Waals surface area (Å²) in [6, 6.07) is 15.2. The molecule has 194 valence electrons. The van der Waals surface area contributed by atoms with Crippen LogP contribution in [-0.2, 0) is 11.8 Å². The van der Waals surface area contributed by atoms with Crippen LogP contribution in [0.1, 0.15) is 25.0 Å². The zero-order valence-corrected chi connectivity index (χ0v) is 21.0. The number of para-hydroxylation sites is 1. The molecule has 3 heterocycles. The van der Waals surface area contributed by atoms with Gasteiger partial charge < -0.3 is 14.9 Å². The fraction of sp³-hybridized carbons (Fsp3) is 0.276. The molecule has 1 fully saturated rings. The predicted molar refractivity (Wildman–Crippen MR) is 142 cm³/mol. The lowest BCUT2D eigenvalue weighted by atomic mass is 9.98. The van der Waals surface area contributed by atoms with E-state index in [-0.39, 0.29) is 16.6 Å². The maximum Gasteiger partial charge on any atom is 0.419 e. The van der Waals surface area contributed by atoms with Gasteiger partial charge in [-0.3, -0.25) is 4.98 Å². The minimum atomic E-state index is -4.57. The Bertz CT molecular complexity index is 1500. The first-order chi connectivity index (χ1) is 18.1.